The Morgan fingerprint density at radius 1 is 1.46 bits per heavy atom. The molecule has 1 atom stereocenters. The summed E-state index contributed by atoms with van der Waals surface area (Å²) in [5, 5.41) is 0. The van der Waals surface area contributed by atoms with Crippen molar-refractivity contribution in [3.8, 4) is 0 Å². The van der Waals surface area contributed by atoms with Crippen molar-refractivity contribution in [2.24, 2.45) is 5.92 Å². The first-order valence-electron chi connectivity index (χ1n) is 4.67. The minimum Gasteiger partial charge on any atom is -0.399 e. The molecule has 0 heterocycles. The molecule has 1 aromatic carbocycles. The second kappa shape index (κ2) is 4.26. The molecular formula is C11H16FN. The van der Waals surface area contributed by atoms with Crippen LogP contribution in [0.25, 0.3) is 0 Å². The number of benzene rings is 1. The second-order valence-corrected chi connectivity index (χ2v) is 3.57. The van der Waals surface area contributed by atoms with Crippen molar-refractivity contribution >= 4 is 5.69 Å². The van der Waals surface area contributed by atoms with Crippen molar-refractivity contribution in [1.82, 2.24) is 0 Å². The molecule has 0 bridgehead atoms. The number of hydrogen-bond donors (Lipinski definition) is 1. The molecule has 2 heteroatoms. The van der Waals surface area contributed by atoms with Crippen molar-refractivity contribution < 1.29 is 4.39 Å². The average Bonchev–Trinajstić information content (AvgIpc) is 2.09. The van der Waals surface area contributed by atoms with Crippen molar-refractivity contribution in [2.75, 3.05) is 5.73 Å². The van der Waals surface area contributed by atoms with Crippen molar-refractivity contribution in [1.29, 1.82) is 0 Å². The van der Waals surface area contributed by atoms with Crippen LogP contribution in [0.5, 0.6) is 0 Å². The van der Waals surface area contributed by atoms with E-state index in [1.807, 2.05) is 0 Å². The molecule has 0 saturated carbocycles. The zero-order valence-electron chi connectivity index (χ0n) is 8.18. The molecule has 0 aliphatic carbocycles. The first kappa shape index (κ1) is 10.0. The number of anilines is 1. The van der Waals surface area contributed by atoms with Crippen LogP contribution in [0.2, 0.25) is 0 Å². The molecule has 1 rings (SSSR count). The summed E-state index contributed by atoms with van der Waals surface area (Å²) in [5.41, 5.74) is 6.71. The Labute approximate surface area is 78.8 Å². The van der Waals surface area contributed by atoms with E-state index in [-0.39, 0.29) is 5.82 Å². The summed E-state index contributed by atoms with van der Waals surface area (Å²) in [7, 11) is 0. The third kappa shape index (κ3) is 2.72. The molecule has 0 saturated heterocycles. The summed E-state index contributed by atoms with van der Waals surface area (Å²) < 4.78 is 13.3. The highest BCUT2D eigenvalue weighted by molar-refractivity contribution is 5.40. The first-order valence-corrected chi connectivity index (χ1v) is 4.67. The standard InChI is InChI=1S/C11H16FN/c1-3-8(2)6-9-4-5-10(13)7-11(9)12/h4-5,7-8H,3,6,13H2,1-2H3. The highest BCUT2D eigenvalue weighted by atomic mass is 19.1. The van der Waals surface area contributed by atoms with Gasteiger partial charge in [-0.3, -0.25) is 0 Å². The second-order valence-electron chi connectivity index (χ2n) is 3.57. The van der Waals surface area contributed by atoms with Gasteiger partial charge in [-0.2, -0.15) is 0 Å². The minimum absolute atomic E-state index is 0.180. The summed E-state index contributed by atoms with van der Waals surface area (Å²) in [5.74, 6) is 0.346. The fraction of sp³-hybridized carbons (Fsp3) is 0.455. The van der Waals surface area contributed by atoms with Gasteiger partial charge in [0, 0.05) is 5.69 Å². The molecule has 1 nitrogen and oxygen atoms in total. The monoisotopic (exact) mass is 181 g/mol. The Kier molecular flexibility index (Phi) is 3.29. The fourth-order valence-electron chi connectivity index (χ4n) is 1.25. The number of rotatable bonds is 3. The normalized spacial score (nSPS) is 12.8. The van der Waals surface area contributed by atoms with E-state index < -0.39 is 0 Å². The predicted molar refractivity (Wildman–Crippen MR) is 54.0 cm³/mol. The summed E-state index contributed by atoms with van der Waals surface area (Å²) in [6.07, 6.45) is 1.87. The van der Waals surface area contributed by atoms with Crippen LogP contribution in [0.15, 0.2) is 18.2 Å². The Bertz CT molecular complexity index is 283. The van der Waals surface area contributed by atoms with Gasteiger partial charge in [-0.1, -0.05) is 26.3 Å². The molecule has 0 radical (unpaired) electrons. The lowest BCUT2D eigenvalue weighted by Crippen LogP contribution is -2.01. The summed E-state index contributed by atoms with van der Waals surface area (Å²) in [6.45, 7) is 4.23. The maximum atomic E-state index is 13.3. The van der Waals surface area contributed by atoms with E-state index in [1.54, 1.807) is 12.1 Å². The molecule has 0 spiro atoms. The van der Waals surface area contributed by atoms with Gasteiger partial charge in [0.15, 0.2) is 0 Å². The Morgan fingerprint density at radius 2 is 2.15 bits per heavy atom. The minimum atomic E-state index is -0.180. The number of nitrogens with two attached hydrogens (primary N) is 1. The van der Waals surface area contributed by atoms with Gasteiger partial charge in [-0.05, 0) is 30.0 Å². The molecule has 0 fully saturated rings. The molecule has 0 aliphatic rings. The van der Waals surface area contributed by atoms with E-state index >= 15 is 0 Å². The van der Waals surface area contributed by atoms with E-state index in [0.717, 1.165) is 18.4 Å². The fourth-order valence-corrected chi connectivity index (χ4v) is 1.25. The van der Waals surface area contributed by atoms with Gasteiger partial charge in [0.1, 0.15) is 5.82 Å². The SMILES string of the molecule is CCC(C)Cc1ccc(N)cc1F. The third-order valence-corrected chi connectivity index (χ3v) is 2.34. The number of hydrogen-bond acceptors (Lipinski definition) is 1. The van der Waals surface area contributed by atoms with Gasteiger partial charge in [0.25, 0.3) is 0 Å². The van der Waals surface area contributed by atoms with Crippen LogP contribution in [0.1, 0.15) is 25.8 Å². The summed E-state index contributed by atoms with van der Waals surface area (Å²) in [4.78, 5) is 0. The lowest BCUT2D eigenvalue weighted by Gasteiger charge is -2.09. The van der Waals surface area contributed by atoms with Crippen molar-refractivity contribution in [3.63, 3.8) is 0 Å². The number of nitrogen functional groups attached to an aromatic ring is 1. The van der Waals surface area contributed by atoms with Gasteiger partial charge in [-0.15, -0.1) is 0 Å². The maximum absolute atomic E-state index is 13.3. The van der Waals surface area contributed by atoms with Crippen molar-refractivity contribution in [2.45, 2.75) is 26.7 Å². The Hall–Kier alpha value is -1.05. The van der Waals surface area contributed by atoms with Crippen LogP contribution in [-0.4, -0.2) is 0 Å². The molecule has 0 aliphatic heterocycles. The Balaban J connectivity index is 2.77. The topological polar surface area (TPSA) is 26.0 Å². The van der Waals surface area contributed by atoms with Crippen molar-refractivity contribution in [3.05, 3.63) is 29.6 Å². The van der Waals surface area contributed by atoms with Gasteiger partial charge < -0.3 is 5.73 Å². The average molecular weight is 181 g/mol. The van der Waals surface area contributed by atoms with Crippen LogP contribution < -0.4 is 5.73 Å². The zero-order chi connectivity index (χ0) is 9.84. The number of halogens is 1. The smallest absolute Gasteiger partial charge is 0.128 e. The van der Waals surface area contributed by atoms with Crippen LogP contribution in [0, 0.1) is 11.7 Å². The molecule has 0 aromatic heterocycles. The highest BCUT2D eigenvalue weighted by Gasteiger charge is 2.06. The van der Waals surface area contributed by atoms with Gasteiger partial charge in [-0.25, -0.2) is 4.39 Å². The molecule has 1 aromatic rings. The van der Waals surface area contributed by atoms with E-state index in [4.69, 9.17) is 5.73 Å². The quantitative estimate of drug-likeness (QED) is 0.713. The van der Waals surface area contributed by atoms with E-state index in [2.05, 4.69) is 13.8 Å². The maximum Gasteiger partial charge on any atom is 0.128 e. The largest absolute Gasteiger partial charge is 0.399 e. The molecule has 13 heavy (non-hydrogen) atoms. The summed E-state index contributed by atoms with van der Waals surface area (Å²) in [6, 6.07) is 4.91. The van der Waals surface area contributed by atoms with E-state index in [9.17, 15) is 4.39 Å². The Morgan fingerprint density at radius 3 is 2.69 bits per heavy atom. The molecule has 1 unspecified atom stereocenters. The molecule has 2 N–H and O–H groups in total. The van der Waals surface area contributed by atoms with Gasteiger partial charge in [0.05, 0.1) is 0 Å². The molecule has 72 valence electrons. The van der Waals surface area contributed by atoms with E-state index in [1.165, 1.54) is 6.07 Å². The summed E-state index contributed by atoms with van der Waals surface area (Å²) >= 11 is 0. The third-order valence-electron chi connectivity index (χ3n) is 2.34. The van der Waals surface area contributed by atoms with Crippen LogP contribution in [0.4, 0.5) is 10.1 Å². The van der Waals surface area contributed by atoms with E-state index in [0.29, 0.717) is 11.6 Å². The van der Waals surface area contributed by atoms with Gasteiger partial charge in [0.2, 0.25) is 0 Å². The lowest BCUT2D eigenvalue weighted by molar-refractivity contribution is 0.531. The zero-order valence-corrected chi connectivity index (χ0v) is 8.18. The first-order chi connectivity index (χ1) is 6.13. The molecule has 0 amide bonds. The van der Waals surface area contributed by atoms with Crippen LogP contribution >= 0.6 is 0 Å². The lowest BCUT2D eigenvalue weighted by atomic mass is 9.98. The van der Waals surface area contributed by atoms with Gasteiger partial charge >= 0.3 is 0 Å². The highest BCUT2D eigenvalue weighted by Crippen LogP contribution is 2.17. The van der Waals surface area contributed by atoms with Crippen LogP contribution in [-0.2, 0) is 6.42 Å². The molecular weight excluding hydrogens is 165 g/mol. The predicted octanol–water partition coefficient (Wildman–Crippen LogP) is 3.00. The van der Waals surface area contributed by atoms with Crippen LogP contribution in [0.3, 0.4) is 0 Å².